The Morgan fingerprint density at radius 3 is 2.81 bits per heavy atom. The van der Waals surface area contributed by atoms with E-state index in [0.29, 0.717) is 18.1 Å². The zero-order chi connectivity index (χ0) is 15.1. The van der Waals surface area contributed by atoms with Crippen LogP contribution in [0.15, 0.2) is 40.8 Å². The summed E-state index contributed by atoms with van der Waals surface area (Å²) < 4.78 is 10.8. The number of hydrogen-bond acceptors (Lipinski definition) is 4. The molecule has 21 heavy (non-hydrogen) atoms. The van der Waals surface area contributed by atoms with Crippen LogP contribution < -0.4 is 10.1 Å². The number of rotatable bonds is 7. The molecule has 1 aromatic heterocycles. The third kappa shape index (κ3) is 4.10. The van der Waals surface area contributed by atoms with E-state index < -0.39 is 0 Å². The fourth-order valence-corrected chi connectivity index (χ4v) is 1.90. The van der Waals surface area contributed by atoms with Crippen molar-refractivity contribution >= 4 is 5.91 Å². The zero-order valence-electron chi connectivity index (χ0n) is 12.0. The van der Waals surface area contributed by atoms with Gasteiger partial charge in [0.2, 0.25) is 0 Å². The molecule has 0 saturated heterocycles. The molecule has 0 aliphatic heterocycles. The van der Waals surface area contributed by atoms with Crippen LogP contribution in [0.2, 0.25) is 0 Å². The smallest absolute Gasteiger partial charge is 0.287 e. The predicted molar refractivity (Wildman–Crippen MR) is 78.3 cm³/mol. The average Bonchev–Trinajstić information content (AvgIpc) is 3.00. The van der Waals surface area contributed by atoms with Crippen molar-refractivity contribution in [3.05, 3.63) is 53.5 Å². The van der Waals surface area contributed by atoms with Crippen LogP contribution in [0.3, 0.4) is 0 Å². The van der Waals surface area contributed by atoms with Gasteiger partial charge in [-0.1, -0.05) is 25.1 Å². The van der Waals surface area contributed by atoms with Crippen molar-refractivity contribution < 1.29 is 19.1 Å². The number of furan rings is 1. The number of aliphatic hydroxyl groups is 1. The van der Waals surface area contributed by atoms with E-state index >= 15 is 0 Å². The monoisotopic (exact) mass is 289 g/mol. The summed E-state index contributed by atoms with van der Waals surface area (Å²) in [5.74, 6) is 1.49. The first kappa shape index (κ1) is 15.1. The first-order chi connectivity index (χ1) is 10.2. The molecule has 2 rings (SSSR count). The molecule has 112 valence electrons. The Hall–Kier alpha value is -2.27. The van der Waals surface area contributed by atoms with Gasteiger partial charge in [-0.2, -0.15) is 0 Å². The fraction of sp³-hybridized carbons (Fsp3) is 0.312. The van der Waals surface area contributed by atoms with Gasteiger partial charge in [-0.05, 0) is 18.2 Å². The molecule has 0 aliphatic carbocycles. The lowest BCUT2D eigenvalue weighted by Gasteiger charge is -2.10. The lowest BCUT2D eigenvalue weighted by atomic mass is 10.2. The van der Waals surface area contributed by atoms with Crippen molar-refractivity contribution in [2.24, 2.45) is 0 Å². The molecule has 0 atom stereocenters. The summed E-state index contributed by atoms with van der Waals surface area (Å²) in [4.78, 5) is 12.0. The molecular weight excluding hydrogens is 270 g/mol. The van der Waals surface area contributed by atoms with Gasteiger partial charge in [0.1, 0.15) is 18.1 Å². The van der Waals surface area contributed by atoms with Gasteiger partial charge < -0.3 is 19.6 Å². The Morgan fingerprint density at radius 1 is 1.29 bits per heavy atom. The Bertz CT molecular complexity index is 591. The number of hydrogen-bond donors (Lipinski definition) is 2. The van der Waals surface area contributed by atoms with E-state index in [1.165, 1.54) is 0 Å². The molecule has 1 amide bonds. The minimum Gasteiger partial charge on any atom is -0.491 e. The quantitative estimate of drug-likeness (QED) is 0.819. The molecule has 0 radical (unpaired) electrons. The van der Waals surface area contributed by atoms with Crippen LogP contribution in [0.1, 0.15) is 28.8 Å². The second-order valence-corrected chi connectivity index (χ2v) is 4.48. The molecule has 0 fully saturated rings. The van der Waals surface area contributed by atoms with Crippen molar-refractivity contribution in [1.82, 2.24) is 5.32 Å². The predicted octanol–water partition coefficient (Wildman–Crippen LogP) is 2.14. The van der Waals surface area contributed by atoms with Gasteiger partial charge in [0, 0.05) is 18.5 Å². The number of para-hydroxylation sites is 1. The molecule has 2 N–H and O–H groups in total. The molecule has 0 unspecified atom stereocenters. The highest BCUT2D eigenvalue weighted by Crippen LogP contribution is 2.18. The number of carbonyl (C=O) groups excluding carboxylic acids is 1. The minimum atomic E-state index is -0.258. The molecule has 5 heteroatoms. The SMILES string of the molecule is CCc1ccc(C(=O)NCc2ccccc2OCCO)o1. The summed E-state index contributed by atoms with van der Waals surface area (Å²) in [5.41, 5.74) is 0.849. The summed E-state index contributed by atoms with van der Waals surface area (Å²) in [5, 5.41) is 11.6. The van der Waals surface area contributed by atoms with Crippen molar-refractivity contribution in [3.63, 3.8) is 0 Å². The third-order valence-electron chi connectivity index (χ3n) is 2.99. The van der Waals surface area contributed by atoms with E-state index in [-0.39, 0.29) is 19.1 Å². The summed E-state index contributed by atoms with van der Waals surface area (Å²) >= 11 is 0. The van der Waals surface area contributed by atoms with Crippen LogP contribution in [0, 0.1) is 0 Å². The van der Waals surface area contributed by atoms with E-state index in [0.717, 1.165) is 17.7 Å². The second kappa shape index (κ2) is 7.50. The molecule has 1 aromatic carbocycles. The molecule has 1 heterocycles. The number of ether oxygens (including phenoxy) is 1. The summed E-state index contributed by atoms with van der Waals surface area (Å²) in [6.07, 6.45) is 0.755. The second-order valence-electron chi connectivity index (χ2n) is 4.48. The van der Waals surface area contributed by atoms with Gasteiger partial charge in [-0.15, -0.1) is 0 Å². The summed E-state index contributed by atoms with van der Waals surface area (Å²) in [6, 6.07) is 10.9. The number of carbonyl (C=O) groups is 1. The number of benzene rings is 1. The Kier molecular flexibility index (Phi) is 5.40. The zero-order valence-corrected chi connectivity index (χ0v) is 12.0. The van der Waals surface area contributed by atoms with Crippen LogP contribution in [0.4, 0.5) is 0 Å². The van der Waals surface area contributed by atoms with Crippen molar-refractivity contribution in [2.45, 2.75) is 19.9 Å². The highest BCUT2D eigenvalue weighted by Gasteiger charge is 2.11. The Labute approximate surface area is 123 Å². The van der Waals surface area contributed by atoms with E-state index in [9.17, 15) is 4.79 Å². The van der Waals surface area contributed by atoms with Crippen LogP contribution >= 0.6 is 0 Å². The standard InChI is InChI=1S/C16H19NO4/c1-2-13-7-8-15(21-13)16(19)17-11-12-5-3-4-6-14(12)20-10-9-18/h3-8,18H,2,9-11H2,1H3,(H,17,19). The molecule has 0 spiro atoms. The van der Waals surface area contributed by atoms with E-state index in [1.807, 2.05) is 25.1 Å². The molecule has 5 nitrogen and oxygen atoms in total. The highest BCUT2D eigenvalue weighted by molar-refractivity contribution is 5.91. The van der Waals surface area contributed by atoms with Gasteiger partial charge in [0.15, 0.2) is 5.76 Å². The first-order valence-electron chi connectivity index (χ1n) is 6.93. The molecule has 0 saturated carbocycles. The first-order valence-corrected chi connectivity index (χ1v) is 6.93. The third-order valence-corrected chi connectivity index (χ3v) is 2.99. The highest BCUT2D eigenvalue weighted by atomic mass is 16.5. The van der Waals surface area contributed by atoms with E-state index in [2.05, 4.69) is 5.32 Å². The number of aliphatic hydroxyl groups excluding tert-OH is 1. The molecule has 0 aliphatic rings. The number of amides is 1. The molecule has 2 aromatic rings. The van der Waals surface area contributed by atoms with Gasteiger partial charge in [-0.25, -0.2) is 0 Å². The topological polar surface area (TPSA) is 71.7 Å². The number of nitrogens with one attached hydrogen (secondary N) is 1. The average molecular weight is 289 g/mol. The fourth-order valence-electron chi connectivity index (χ4n) is 1.90. The molecular formula is C16H19NO4. The van der Waals surface area contributed by atoms with Crippen LogP contribution in [-0.2, 0) is 13.0 Å². The largest absolute Gasteiger partial charge is 0.491 e. The van der Waals surface area contributed by atoms with E-state index in [1.54, 1.807) is 18.2 Å². The maximum absolute atomic E-state index is 12.0. The van der Waals surface area contributed by atoms with Gasteiger partial charge in [0.05, 0.1) is 6.61 Å². The Balaban J connectivity index is 1.97. The summed E-state index contributed by atoms with van der Waals surface area (Å²) in [7, 11) is 0. The molecule has 0 bridgehead atoms. The normalized spacial score (nSPS) is 10.4. The van der Waals surface area contributed by atoms with Gasteiger partial charge in [-0.3, -0.25) is 4.79 Å². The lowest BCUT2D eigenvalue weighted by Crippen LogP contribution is -2.22. The van der Waals surface area contributed by atoms with Crippen molar-refractivity contribution in [3.8, 4) is 5.75 Å². The van der Waals surface area contributed by atoms with Gasteiger partial charge >= 0.3 is 0 Å². The maximum atomic E-state index is 12.0. The van der Waals surface area contributed by atoms with E-state index in [4.69, 9.17) is 14.3 Å². The Morgan fingerprint density at radius 2 is 2.10 bits per heavy atom. The van der Waals surface area contributed by atoms with Crippen molar-refractivity contribution in [2.75, 3.05) is 13.2 Å². The van der Waals surface area contributed by atoms with Crippen LogP contribution in [0.5, 0.6) is 5.75 Å². The van der Waals surface area contributed by atoms with Crippen molar-refractivity contribution in [1.29, 1.82) is 0 Å². The lowest BCUT2D eigenvalue weighted by molar-refractivity contribution is 0.0921. The maximum Gasteiger partial charge on any atom is 0.287 e. The van der Waals surface area contributed by atoms with Crippen LogP contribution in [-0.4, -0.2) is 24.2 Å². The summed E-state index contributed by atoms with van der Waals surface area (Å²) in [6.45, 7) is 2.48. The minimum absolute atomic E-state index is 0.0487. The van der Waals surface area contributed by atoms with Gasteiger partial charge in [0.25, 0.3) is 5.91 Å². The number of aryl methyl sites for hydroxylation is 1. The van der Waals surface area contributed by atoms with Crippen LogP contribution in [0.25, 0.3) is 0 Å².